The number of hydrogen-bond acceptors (Lipinski definition) is 7. The highest BCUT2D eigenvalue weighted by Gasteiger charge is 2.32. The van der Waals surface area contributed by atoms with Crippen molar-refractivity contribution in [3.05, 3.63) is 65.4 Å². The molecular formula is C21H18N2O7. The van der Waals surface area contributed by atoms with Gasteiger partial charge in [0.25, 0.3) is 0 Å². The van der Waals surface area contributed by atoms with Gasteiger partial charge in [-0.3, -0.25) is 0 Å². The Morgan fingerprint density at radius 3 is 2.17 bits per heavy atom. The molecule has 154 valence electrons. The number of nitrogens with zero attached hydrogens (tertiary/aromatic N) is 2. The van der Waals surface area contributed by atoms with Crippen LogP contribution in [-0.2, 0) is 9.47 Å². The molecule has 0 saturated carbocycles. The summed E-state index contributed by atoms with van der Waals surface area (Å²) in [6.07, 6.45) is 0. The second-order valence-corrected chi connectivity index (χ2v) is 6.02. The average molecular weight is 410 g/mol. The molecule has 0 aliphatic rings. The smallest absolute Gasteiger partial charge is 0.357 e. The zero-order valence-corrected chi connectivity index (χ0v) is 16.4. The molecule has 0 aliphatic carbocycles. The first-order valence-electron chi connectivity index (χ1n) is 8.69. The predicted octanol–water partition coefficient (Wildman–Crippen LogP) is 2.82. The molecule has 0 radical (unpaired) electrons. The van der Waals surface area contributed by atoms with E-state index in [1.54, 1.807) is 30.3 Å². The molecule has 1 heterocycles. The SMILES string of the molecule is COC(=O)c1c(-c2cc(C(=O)O)ccc2OC)nn(-c2ccccc2)c1C(=O)OC. The van der Waals surface area contributed by atoms with Crippen LogP contribution < -0.4 is 4.74 Å². The molecule has 1 aromatic heterocycles. The number of ether oxygens (including phenoxy) is 3. The third-order valence-electron chi connectivity index (χ3n) is 4.36. The number of carboxylic acids is 1. The monoisotopic (exact) mass is 410 g/mol. The van der Waals surface area contributed by atoms with Crippen molar-refractivity contribution in [2.75, 3.05) is 21.3 Å². The van der Waals surface area contributed by atoms with Gasteiger partial charge in [-0.1, -0.05) is 18.2 Å². The minimum Gasteiger partial charge on any atom is -0.496 e. The summed E-state index contributed by atoms with van der Waals surface area (Å²) in [5.41, 5.74) is 0.337. The maximum Gasteiger partial charge on any atom is 0.357 e. The molecule has 0 fully saturated rings. The van der Waals surface area contributed by atoms with Gasteiger partial charge in [0.05, 0.1) is 32.6 Å². The first kappa shape index (κ1) is 20.6. The van der Waals surface area contributed by atoms with E-state index in [9.17, 15) is 19.5 Å². The fourth-order valence-electron chi connectivity index (χ4n) is 2.97. The highest BCUT2D eigenvalue weighted by molar-refractivity contribution is 6.07. The van der Waals surface area contributed by atoms with Crippen molar-refractivity contribution in [3.63, 3.8) is 0 Å². The van der Waals surface area contributed by atoms with Gasteiger partial charge in [-0.05, 0) is 30.3 Å². The van der Waals surface area contributed by atoms with Gasteiger partial charge in [0, 0.05) is 5.56 Å². The highest BCUT2D eigenvalue weighted by Crippen LogP contribution is 2.35. The largest absolute Gasteiger partial charge is 0.496 e. The Balaban J connectivity index is 2.42. The van der Waals surface area contributed by atoms with Crippen LogP contribution in [0.4, 0.5) is 0 Å². The standard InChI is InChI=1S/C21H18N2O7/c1-28-15-10-9-12(19(24)25)11-14(15)17-16(20(26)29-2)18(21(27)30-3)23(22-17)13-7-5-4-6-8-13/h4-11H,1-3H3,(H,24,25). The third kappa shape index (κ3) is 3.60. The molecule has 0 spiro atoms. The van der Waals surface area contributed by atoms with Crippen LogP contribution in [0.15, 0.2) is 48.5 Å². The van der Waals surface area contributed by atoms with Gasteiger partial charge in [-0.2, -0.15) is 5.10 Å². The molecule has 3 aromatic rings. The fraction of sp³-hybridized carbons (Fsp3) is 0.143. The molecule has 9 nitrogen and oxygen atoms in total. The summed E-state index contributed by atoms with van der Waals surface area (Å²) in [6, 6.07) is 12.8. The Morgan fingerprint density at radius 1 is 0.933 bits per heavy atom. The summed E-state index contributed by atoms with van der Waals surface area (Å²) >= 11 is 0. The molecule has 1 N–H and O–H groups in total. The number of carbonyl (C=O) groups excluding carboxylic acids is 2. The Hall–Kier alpha value is -4.14. The van der Waals surface area contributed by atoms with Crippen molar-refractivity contribution in [2.24, 2.45) is 0 Å². The topological polar surface area (TPSA) is 117 Å². The number of methoxy groups -OCH3 is 3. The van der Waals surface area contributed by atoms with Gasteiger partial charge in [-0.25, -0.2) is 19.1 Å². The van der Waals surface area contributed by atoms with E-state index in [1.165, 1.54) is 37.1 Å². The minimum atomic E-state index is -1.17. The summed E-state index contributed by atoms with van der Waals surface area (Å²) in [7, 11) is 3.74. The maximum absolute atomic E-state index is 12.7. The van der Waals surface area contributed by atoms with E-state index >= 15 is 0 Å². The average Bonchev–Trinajstić information content (AvgIpc) is 3.18. The Labute approximate surface area is 171 Å². The number of aromatic carboxylic acids is 1. The lowest BCUT2D eigenvalue weighted by molar-refractivity contribution is 0.0549. The van der Waals surface area contributed by atoms with E-state index in [4.69, 9.17) is 14.2 Å². The van der Waals surface area contributed by atoms with Crippen molar-refractivity contribution in [3.8, 4) is 22.7 Å². The Kier molecular flexibility index (Phi) is 5.82. The highest BCUT2D eigenvalue weighted by atomic mass is 16.5. The van der Waals surface area contributed by atoms with E-state index in [-0.39, 0.29) is 33.8 Å². The number of hydrogen-bond donors (Lipinski definition) is 1. The molecule has 9 heteroatoms. The lowest BCUT2D eigenvalue weighted by atomic mass is 10.0. The molecule has 0 atom stereocenters. The van der Waals surface area contributed by atoms with Gasteiger partial charge in [0.15, 0.2) is 5.69 Å². The zero-order valence-electron chi connectivity index (χ0n) is 16.4. The maximum atomic E-state index is 12.7. The third-order valence-corrected chi connectivity index (χ3v) is 4.36. The van der Waals surface area contributed by atoms with Gasteiger partial charge >= 0.3 is 17.9 Å². The van der Waals surface area contributed by atoms with E-state index in [0.29, 0.717) is 5.69 Å². The summed E-state index contributed by atoms with van der Waals surface area (Å²) in [5.74, 6) is -2.56. The van der Waals surface area contributed by atoms with Gasteiger partial charge in [-0.15, -0.1) is 0 Å². The van der Waals surface area contributed by atoms with Gasteiger partial charge in [0.1, 0.15) is 17.0 Å². The Bertz CT molecular complexity index is 1120. The normalized spacial score (nSPS) is 10.4. The molecule has 30 heavy (non-hydrogen) atoms. The number of carboxylic acid groups (broad SMARTS) is 1. The second kappa shape index (κ2) is 8.48. The van der Waals surface area contributed by atoms with Crippen LogP contribution in [0.3, 0.4) is 0 Å². The van der Waals surface area contributed by atoms with E-state index in [1.807, 2.05) is 0 Å². The summed E-state index contributed by atoms with van der Waals surface area (Å²) in [4.78, 5) is 36.8. The van der Waals surface area contributed by atoms with Crippen LogP contribution >= 0.6 is 0 Å². The predicted molar refractivity (Wildman–Crippen MR) is 105 cm³/mol. The van der Waals surface area contributed by atoms with Gasteiger partial charge < -0.3 is 19.3 Å². The number of rotatable bonds is 6. The lowest BCUT2D eigenvalue weighted by Gasteiger charge is -2.09. The van der Waals surface area contributed by atoms with Crippen LogP contribution in [0.1, 0.15) is 31.2 Å². The quantitative estimate of drug-likeness (QED) is 0.617. The fourth-order valence-corrected chi connectivity index (χ4v) is 2.97. The number of aromatic nitrogens is 2. The number of esters is 2. The molecule has 0 aliphatic heterocycles. The van der Waals surface area contributed by atoms with Crippen molar-refractivity contribution in [1.82, 2.24) is 9.78 Å². The summed E-state index contributed by atoms with van der Waals surface area (Å²) in [6.45, 7) is 0. The summed E-state index contributed by atoms with van der Waals surface area (Å²) < 4.78 is 16.3. The number of para-hydroxylation sites is 1. The van der Waals surface area contributed by atoms with Crippen LogP contribution in [0.5, 0.6) is 5.75 Å². The second-order valence-electron chi connectivity index (χ2n) is 6.02. The van der Waals surface area contributed by atoms with Crippen LogP contribution in [0, 0.1) is 0 Å². The van der Waals surface area contributed by atoms with Gasteiger partial charge in [0.2, 0.25) is 0 Å². The molecular weight excluding hydrogens is 392 g/mol. The van der Waals surface area contributed by atoms with Crippen molar-refractivity contribution in [2.45, 2.75) is 0 Å². The van der Waals surface area contributed by atoms with Crippen LogP contribution in [0.25, 0.3) is 16.9 Å². The van der Waals surface area contributed by atoms with Crippen LogP contribution in [0.2, 0.25) is 0 Å². The Morgan fingerprint density at radius 2 is 1.60 bits per heavy atom. The van der Waals surface area contributed by atoms with Crippen LogP contribution in [-0.4, -0.2) is 54.1 Å². The molecule has 0 amide bonds. The zero-order chi connectivity index (χ0) is 21.8. The number of carbonyl (C=O) groups is 3. The first-order valence-corrected chi connectivity index (χ1v) is 8.69. The molecule has 0 bridgehead atoms. The van der Waals surface area contributed by atoms with E-state index < -0.39 is 17.9 Å². The van der Waals surface area contributed by atoms with Crippen molar-refractivity contribution >= 4 is 17.9 Å². The first-order chi connectivity index (χ1) is 14.4. The van der Waals surface area contributed by atoms with E-state index in [2.05, 4.69) is 5.10 Å². The van der Waals surface area contributed by atoms with Crippen molar-refractivity contribution in [1.29, 1.82) is 0 Å². The molecule has 3 rings (SSSR count). The molecule has 0 saturated heterocycles. The lowest BCUT2D eigenvalue weighted by Crippen LogP contribution is -2.15. The van der Waals surface area contributed by atoms with E-state index in [0.717, 1.165) is 7.11 Å². The molecule has 0 unspecified atom stereocenters. The number of benzene rings is 2. The van der Waals surface area contributed by atoms with Crippen molar-refractivity contribution < 1.29 is 33.7 Å². The molecule has 2 aromatic carbocycles. The minimum absolute atomic E-state index is 0.0195. The summed E-state index contributed by atoms with van der Waals surface area (Å²) in [5, 5.41) is 13.8.